The van der Waals surface area contributed by atoms with E-state index in [4.69, 9.17) is 0 Å². The van der Waals surface area contributed by atoms with Crippen molar-refractivity contribution >= 4 is 22.5 Å². The maximum absolute atomic E-state index is 12.1. The topological polar surface area (TPSA) is 99.8 Å². The smallest absolute Gasteiger partial charge is 0.267 e. The van der Waals surface area contributed by atoms with E-state index in [9.17, 15) is 9.59 Å². The fourth-order valence-corrected chi connectivity index (χ4v) is 2.19. The number of H-pyrrole nitrogens is 1. The quantitative estimate of drug-likeness (QED) is 0.614. The highest BCUT2D eigenvalue weighted by atomic mass is 16.2. The number of amides is 1. The molecule has 2 heterocycles. The fourth-order valence-electron chi connectivity index (χ4n) is 2.19. The fraction of sp³-hybridized carbons (Fsp3) is 0.125. The lowest BCUT2D eigenvalue weighted by Gasteiger charge is -2.07. The van der Waals surface area contributed by atoms with Crippen LogP contribution in [0.4, 0.5) is 5.82 Å². The molecule has 0 saturated heterocycles. The van der Waals surface area contributed by atoms with Gasteiger partial charge in [-0.05, 0) is 17.5 Å². The second kappa shape index (κ2) is 6.69. The zero-order valence-electron chi connectivity index (χ0n) is 12.2. The van der Waals surface area contributed by atoms with Crippen LogP contribution in [0, 0.1) is 0 Å². The van der Waals surface area contributed by atoms with Gasteiger partial charge in [-0.15, -0.1) is 0 Å². The SMILES string of the molecule is O=C(NCCNc1cnccn1)c1cc2ccccc2c(=O)[nH]1. The van der Waals surface area contributed by atoms with Crippen molar-refractivity contribution in [2.24, 2.45) is 0 Å². The van der Waals surface area contributed by atoms with Gasteiger partial charge in [0.2, 0.25) is 0 Å². The summed E-state index contributed by atoms with van der Waals surface area (Å²) in [7, 11) is 0. The Bertz CT molecular complexity index is 876. The Kier molecular flexibility index (Phi) is 4.28. The standard InChI is InChI=1S/C16H15N5O2/c22-15-12-4-2-1-3-11(12)9-13(21-15)16(23)20-8-7-19-14-10-17-5-6-18-14/h1-6,9-10H,7-8H2,(H,18,19)(H,20,23)(H,21,22). The Morgan fingerprint density at radius 2 is 2.04 bits per heavy atom. The van der Waals surface area contributed by atoms with Crippen LogP contribution in [0.5, 0.6) is 0 Å². The number of rotatable bonds is 5. The first-order chi connectivity index (χ1) is 11.2. The van der Waals surface area contributed by atoms with E-state index < -0.39 is 0 Å². The molecule has 0 aliphatic carbocycles. The van der Waals surface area contributed by atoms with Gasteiger partial charge in [-0.3, -0.25) is 14.6 Å². The van der Waals surface area contributed by atoms with Gasteiger partial charge in [0.1, 0.15) is 11.5 Å². The minimum atomic E-state index is -0.325. The molecule has 7 nitrogen and oxygen atoms in total. The van der Waals surface area contributed by atoms with Crippen molar-refractivity contribution in [3.63, 3.8) is 0 Å². The molecule has 0 atom stereocenters. The zero-order valence-corrected chi connectivity index (χ0v) is 12.2. The van der Waals surface area contributed by atoms with E-state index in [0.717, 1.165) is 5.39 Å². The van der Waals surface area contributed by atoms with E-state index in [2.05, 4.69) is 25.6 Å². The van der Waals surface area contributed by atoms with Crippen molar-refractivity contribution in [3.05, 3.63) is 65.0 Å². The molecule has 3 rings (SSSR count). The highest BCUT2D eigenvalue weighted by Crippen LogP contribution is 2.09. The minimum absolute atomic E-state index is 0.244. The van der Waals surface area contributed by atoms with Crippen molar-refractivity contribution in [1.29, 1.82) is 0 Å². The summed E-state index contributed by atoms with van der Waals surface area (Å²) in [5.74, 6) is 0.314. The number of pyridine rings is 1. The number of aromatic amines is 1. The van der Waals surface area contributed by atoms with Crippen LogP contribution in [0.2, 0.25) is 0 Å². The lowest BCUT2D eigenvalue weighted by molar-refractivity contribution is 0.0950. The van der Waals surface area contributed by atoms with Gasteiger partial charge in [-0.2, -0.15) is 0 Å². The largest absolute Gasteiger partial charge is 0.367 e. The van der Waals surface area contributed by atoms with E-state index >= 15 is 0 Å². The average molecular weight is 309 g/mol. The predicted molar refractivity (Wildman–Crippen MR) is 87.4 cm³/mol. The molecular weight excluding hydrogens is 294 g/mol. The Hall–Kier alpha value is -3.22. The number of benzene rings is 1. The zero-order chi connectivity index (χ0) is 16.1. The third-order valence-electron chi connectivity index (χ3n) is 3.28. The first kappa shape index (κ1) is 14.7. The van der Waals surface area contributed by atoms with Crippen LogP contribution in [0.1, 0.15) is 10.5 Å². The Balaban J connectivity index is 1.61. The van der Waals surface area contributed by atoms with E-state index in [0.29, 0.717) is 24.3 Å². The van der Waals surface area contributed by atoms with Gasteiger partial charge in [-0.25, -0.2) is 4.98 Å². The number of aromatic nitrogens is 3. The molecule has 23 heavy (non-hydrogen) atoms. The van der Waals surface area contributed by atoms with Gasteiger partial charge in [0.25, 0.3) is 11.5 Å². The lowest BCUT2D eigenvalue weighted by Crippen LogP contribution is -2.30. The maximum atomic E-state index is 12.1. The molecule has 1 amide bonds. The predicted octanol–water partition coefficient (Wildman–Crippen LogP) is 1.16. The molecule has 0 unspecified atom stereocenters. The Morgan fingerprint density at radius 3 is 2.87 bits per heavy atom. The number of fused-ring (bicyclic) bond motifs is 1. The van der Waals surface area contributed by atoms with Crippen LogP contribution in [0.15, 0.2) is 53.7 Å². The van der Waals surface area contributed by atoms with Crippen molar-refractivity contribution in [1.82, 2.24) is 20.3 Å². The van der Waals surface area contributed by atoms with Crippen molar-refractivity contribution in [2.75, 3.05) is 18.4 Å². The van der Waals surface area contributed by atoms with Crippen molar-refractivity contribution < 1.29 is 4.79 Å². The van der Waals surface area contributed by atoms with Crippen LogP contribution in [0.3, 0.4) is 0 Å². The summed E-state index contributed by atoms with van der Waals surface area (Å²) in [5.41, 5.74) is -0.0286. The summed E-state index contributed by atoms with van der Waals surface area (Å²) >= 11 is 0. The molecule has 0 spiro atoms. The number of carbonyl (C=O) groups excluding carboxylic acids is 1. The highest BCUT2D eigenvalue weighted by Gasteiger charge is 2.08. The lowest BCUT2D eigenvalue weighted by atomic mass is 10.1. The Labute approximate surface area is 131 Å². The van der Waals surface area contributed by atoms with Crippen LogP contribution in [-0.2, 0) is 0 Å². The van der Waals surface area contributed by atoms with Gasteiger partial charge in [0, 0.05) is 30.9 Å². The summed E-state index contributed by atoms with van der Waals surface area (Å²) in [6.07, 6.45) is 4.77. The monoisotopic (exact) mass is 309 g/mol. The van der Waals surface area contributed by atoms with Crippen molar-refractivity contribution in [2.45, 2.75) is 0 Å². The molecule has 0 bridgehead atoms. The first-order valence-electron chi connectivity index (χ1n) is 7.14. The minimum Gasteiger partial charge on any atom is -0.367 e. The van der Waals surface area contributed by atoms with E-state index in [1.54, 1.807) is 42.9 Å². The molecule has 0 aliphatic heterocycles. The molecule has 0 radical (unpaired) electrons. The van der Waals surface area contributed by atoms with Gasteiger partial charge in [0.05, 0.1) is 6.20 Å². The number of hydrogen-bond donors (Lipinski definition) is 3. The molecule has 1 aromatic carbocycles. The maximum Gasteiger partial charge on any atom is 0.267 e. The second-order valence-electron chi connectivity index (χ2n) is 4.87. The first-order valence-corrected chi connectivity index (χ1v) is 7.14. The van der Waals surface area contributed by atoms with E-state index in [1.165, 1.54) is 0 Å². The van der Waals surface area contributed by atoms with Gasteiger partial charge in [0.15, 0.2) is 0 Å². The number of anilines is 1. The summed E-state index contributed by atoms with van der Waals surface area (Å²) in [6, 6.07) is 8.81. The summed E-state index contributed by atoms with van der Waals surface area (Å²) in [6.45, 7) is 0.895. The van der Waals surface area contributed by atoms with Crippen LogP contribution in [-0.4, -0.2) is 33.9 Å². The number of hydrogen-bond acceptors (Lipinski definition) is 5. The van der Waals surface area contributed by atoms with E-state index in [1.807, 2.05) is 6.07 Å². The second-order valence-corrected chi connectivity index (χ2v) is 4.87. The van der Waals surface area contributed by atoms with Crippen LogP contribution >= 0.6 is 0 Å². The van der Waals surface area contributed by atoms with Gasteiger partial charge >= 0.3 is 0 Å². The third kappa shape index (κ3) is 3.52. The average Bonchev–Trinajstić information content (AvgIpc) is 2.59. The summed E-state index contributed by atoms with van der Waals surface area (Å²) in [4.78, 5) is 34.7. The van der Waals surface area contributed by atoms with Crippen LogP contribution < -0.4 is 16.2 Å². The summed E-state index contributed by atoms with van der Waals surface area (Å²) in [5, 5.41) is 7.07. The Morgan fingerprint density at radius 1 is 1.17 bits per heavy atom. The molecule has 7 heteroatoms. The molecule has 3 aromatic rings. The number of nitrogens with zero attached hydrogens (tertiary/aromatic N) is 2. The number of nitrogens with one attached hydrogen (secondary N) is 3. The molecule has 116 valence electrons. The van der Waals surface area contributed by atoms with Crippen molar-refractivity contribution in [3.8, 4) is 0 Å². The molecule has 2 aromatic heterocycles. The van der Waals surface area contributed by atoms with Gasteiger partial charge < -0.3 is 15.6 Å². The molecule has 3 N–H and O–H groups in total. The molecular formula is C16H15N5O2. The third-order valence-corrected chi connectivity index (χ3v) is 3.28. The molecule has 0 aliphatic rings. The van der Waals surface area contributed by atoms with Crippen LogP contribution in [0.25, 0.3) is 10.8 Å². The normalized spacial score (nSPS) is 10.4. The highest BCUT2D eigenvalue weighted by molar-refractivity contribution is 5.96. The van der Waals surface area contributed by atoms with E-state index in [-0.39, 0.29) is 17.2 Å². The summed E-state index contributed by atoms with van der Waals surface area (Å²) < 4.78 is 0. The molecule has 0 fully saturated rings. The number of carbonyl (C=O) groups is 1. The molecule has 0 saturated carbocycles. The van der Waals surface area contributed by atoms with Gasteiger partial charge in [-0.1, -0.05) is 18.2 Å².